The number of methoxy groups -OCH3 is 4. The van der Waals surface area contributed by atoms with Crippen LogP contribution in [0.15, 0.2) is 48.7 Å². The molecule has 2 N–H and O–H groups in total. The summed E-state index contributed by atoms with van der Waals surface area (Å²) in [6, 6.07) is 12.9. The molecule has 0 spiro atoms. The van der Waals surface area contributed by atoms with E-state index in [0.717, 1.165) is 17.1 Å². The minimum absolute atomic E-state index is 0.461. The summed E-state index contributed by atoms with van der Waals surface area (Å²) >= 11 is 0. The maximum atomic E-state index is 5.38. The largest absolute Gasteiger partial charge is 0.497 e. The first-order valence-electron chi connectivity index (χ1n) is 8.48. The lowest BCUT2D eigenvalue weighted by Crippen LogP contribution is -2.01. The lowest BCUT2D eigenvalue weighted by Gasteiger charge is -2.15. The van der Waals surface area contributed by atoms with Crippen molar-refractivity contribution in [3.05, 3.63) is 48.7 Å². The summed E-state index contributed by atoms with van der Waals surface area (Å²) in [5, 5.41) is 6.38. The maximum absolute atomic E-state index is 5.38. The molecule has 0 aliphatic rings. The second kappa shape index (κ2) is 8.81. The van der Waals surface area contributed by atoms with Gasteiger partial charge in [0.15, 0.2) is 11.5 Å². The summed E-state index contributed by atoms with van der Waals surface area (Å²) in [6.45, 7) is 0. The smallest absolute Gasteiger partial charge is 0.229 e. The molecule has 2 aromatic carbocycles. The van der Waals surface area contributed by atoms with E-state index in [1.54, 1.807) is 52.8 Å². The highest BCUT2D eigenvalue weighted by molar-refractivity contribution is 5.67. The van der Waals surface area contributed by atoms with E-state index in [0.29, 0.717) is 29.0 Å². The molecule has 0 aliphatic heterocycles. The lowest BCUT2D eigenvalue weighted by atomic mass is 10.2. The highest BCUT2D eigenvalue weighted by atomic mass is 16.5. The van der Waals surface area contributed by atoms with E-state index in [-0.39, 0.29) is 0 Å². The number of aromatic nitrogens is 2. The van der Waals surface area contributed by atoms with Crippen molar-refractivity contribution in [1.82, 2.24) is 9.97 Å². The number of benzene rings is 2. The molecule has 8 nitrogen and oxygen atoms in total. The van der Waals surface area contributed by atoms with Gasteiger partial charge in [-0.1, -0.05) is 0 Å². The Morgan fingerprint density at radius 3 is 1.96 bits per heavy atom. The molecular formula is C20H22N4O4. The van der Waals surface area contributed by atoms with Crippen LogP contribution in [0.5, 0.6) is 23.0 Å². The predicted octanol–water partition coefficient (Wildman–Crippen LogP) is 4.00. The molecule has 28 heavy (non-hydrogen) atoms. The van der Waals surface area contributed by atoms with Crippen LogP contribution in [0.25, 0.3) is 0 Å². The van der Waals surface area contributed by atoms with E-state index in [2.05, 4.69) is 20.6 Å². The van der Waals surface area contributed by atoms with Crippen molar-refractivity contribution >= 4 is 23.1 Å². The Balaban J connectivity index is 1.80. The quantitative estimate of drug-likeness (QED) is 0.605. The zero-order chi connectivity index (χ0) is 19.9. The van der Waals surface area contributed by atoms with Crippen LogP contribution in [0, 0.1) is 0 Å². The molecule has 0 saturated carbocycles. The average molecular weight is 382 g/mol. The van der Waals surface area contributed by atoms with Crippen molar-refractivity contribution in [2.75, 3.05) is 39.1 Å². The molecule has 0 aliphatic carbocycles. The number of rotatable bonds is 8. The zero-order valence-electron chi connectivity index (χ0n) is 16.1. The molecule has 0 bridgehead atoms. The van der Waals surface area contributed by atoms with Gasteiger partial charge in [-0.05, 0) is 30.3 Å². The minimum Gasteiger partial charge on any atom is -0.497 e. The highest BCUT2D eigenvalue weighted by Crippen LogP contribution is 2.40. The first-order chi connectivity index (χ1) is 13.7. The third-order valence-corrected chi connectivity index (χ3v) is 3.94. The Morgan fingerprint density at radius 1 is 0.714 bits per heavy atom. The van der Waals surface area contributed by atoms with Crippen LogP contribution in [0.2, 0.25) is 0 Å². The summed E-state index contributed by atoms with van der Waals surface area (Å²) in [6.07, 6.45) is 1.67. The molecule has 1 aromatic heterocycles. The van der Waals surface area contributed by atoms with E-state index in [1.807, 2.05) is 24.3 Å². The first kappa shape index (κ1) is 19.1. The van der Waals surface area contributed by atoms with Gasteiger partial charge in [-0.2, -0.15) is 4.98 Å². The molecule has 0 radical (unpaired) electrons. The van der Waals surface area contributed by atoms with E-state index in [4.69, 9.17) is 18.9 Å². The monoisotopic (exact) mass is 382 g/mol. The van der Waals surface area contributed by atoms with Gasteiger partial charge < -0.3 is 29.6 Å². The Hall–Kier alpha value is -3.68. The van der Waals surface area contributed by atoms with Gasteiger partial charge >= 0.3 is 0 Å². The number of nitrogens with zero attached hydrogens (tertiary/aromatic N) is 2. The molecular weight excluding hydrogens is 360 g/mol. The van der Waals surface area contributed by atoms with Gasteiger partial charge in [0.2, 0.25) is 11.7 Å². The molecule has 146 valence electrons. The van der Waals surface area contributed by atoms with Crippen LogP contribution < -0.4 is 29.6 Å². The van der Waals surface area contributed by atoms with Crippen molar-refractivity contribution in [2.24, 2.45) is 0 Å². The highest BCUT2D eigenvalue weighted by Gasteiger charge is 2.13. The molecule has 3 rings (SSSR count). The Bertz CT molecular complexity index is 907. The van der Waals surface area contributed by atoms with Crippen molar-refractivity contribution in [2.45, 2.75) is 0 Å². The fraction of sp³-hybridized carbons (Fsp3) is 0.200. The number of hydrogen-bond acceptors (Lipinski definition) is 8. The van der Waals surface area contributed by atoms with Crippen LogP contribution in [-0.4, -0.2) is 38.4 Å². The van der Waals surface area contributed by atoms with Crippen LogP contribution in [0.4, 0.5) is 23.1 Å². The first-order valence-corrected chi connectivity index (χ1v) is 8.48. The molecule has 1 heterocycles. The third kappa shape index (κ3) is 4.35. The molecule has 0 atom stereocenters. The summed E-state index contributed by atoms with van der Waals surface area (Å²) in [7, 11) is 6.34. The normalized spacial score (nSPS) is 10.1. The van der Waals surface area contributed by atoms with Gasteiger partial charge in [0.1, 0.15) is 11.6 Å². The van der Waals surface area contributed by atoms with Gasteiger partial charge in [0.25, 0.3) is 0 Å². The zero-order valence-corrected chi connectivity index (χ0v) is 16.1. The van der Waals surface area contributed by atoms with Crippen molar-refractivity contribution in [3.63, 3.8) is 0 Å². The summed E-state index contributed by atoms with van der Waals surface area (Å²) in [4.78, 5) is 8.73. The lowest BCUT2D eigenvalue weighted by molar-refractivity contribution is 0.324. The number of anilines is 4. The van der Waals surface area contributed by atoms with Gasteiger partial charge in [-0.3, -0.25) is 0 Å². The fourth-order valence-corrected chi connectivity index (χ4v) is 2.59. The maximum Gasteiger partial charge on any atom is 0.229 e. The van der Waals surface area contributed by atoms with Crippen LogP contribution in [0.1, 0.15) is 0 Å². The van der Waals surface area contributed by atoms with Crippen molar-refractivity contribution in [3.8, 4) is 23.0 Å². The number of nitrogens with one attached hydrogen (secondary N) is 2. The SMILES string of the molecule is COc1ccc(Nc2nccc(Nc3cc(OC)c(OC)c(OC)c3)n2)cc1. The Labute approximate surface area is 163 Å². The van der Waals surface area contributed by atoms with Crippen LogP contribution in [0.3, 0.4) is 0 Å². The van der Waals surface area contributed by atoms with E-state index in [9.17, 15) is 0 Å². The van der Waals surface area contributed by atoms with Gasteiger partial charge in [-0.15, -0.1) is 0 Å². The molecule has 0 unspecified atom stereocenters. The second-order valence-electron chi connectivity index (χ2n) is 5.66. The van der Waals surface area contributed by atoms with E-state index < -0.39 is 0 Å². The molecule has 3 aromatic rings. The standard InChI is InChI=1S/C20H22N4O4/c1-25-15-7-5-13(6-8-15)23-20-21-10-9-18(24-20)22-14-11-16(26-2)19(28-4)17(12-14)27-3/h5-12H,1-4H3,(H2,21,22,23,24). The second-order valence-corrected chi connectivity index (χ2v) is 5.66. The van der Waals surface area contributed by atoms with Crippen LogP contribution >= 0.6 is 0 Å². The van der Waals surface area contributed by atoms with Gasteiger partial charge in [0.05, 0.1) is 28.4 Å². The summed E-state index contributed by atoms with van der Waals surface area (Å²) in [5.74, 6) is 3.48. The van der Waals surface area contributed by atoms with Crippen molar-refractivity contribution < 1.29 is 18.9 Å². The molecule has 0 amide bonds. The summed E-state index contributed by atoms with van der Waals surface area (Å²) in [5.41, 5.74) is 1.59. The molecule has 0 saturated heterocycles. The molecule has 0 fully saturated rings. The average Bonchev–Trinajstić information content (AvgIpc) is 2.73. The Kier molecular flexibility index (Phi) is 6.01. The fourth-order valence-electron chi connectivity index (χ4n) is 2.59. The van der Waals surface area contributed by atoms with Gasteiger partial charge in [0, 0.05) is 29.7 Å². The molecule has 8 heteroatoms. The minimum atomic E-state index is 0.461. The number of ether oxygens (including phenoxy) is 4. The topological polar surface area (TPSA) is 86.8 Å². The van der Waals surface area contributed by atoms with Crippen LogP contribution in [-0.2, 0) is 0 Å². The van der Waals surface area contributed by atoms with E-state index >= 15 is 0 Å². The van der Waals surface area contributed by atoms with E-state index in [1.165, 1.54) is 0 Å². The Morgan fingerprint density at radius 2 is 1.39 bits per heavy atom. The third-order valence-electron chi connectivity index (χ3n) is 3.94. The van der Waals surface area contributed by atoms with Crippen molar-refractivity contribution in [1.29, 1.82) is 0 Å². The van der Waals surface area contributed by atoms with Gasteiger partial charge in [-0.25, -0.2) is 4.98 Å². The predicted molar refractivity (Wildman–Crippen MR) is 108 cm³/mol. The summed E-state index contributed by atoms with van der Waals surface area (Å²) < 4.78 is 21.3. The number of hydrogen-bond donors (Lipinski definition) is 2.